The number of carboxylic acid groups (broad SMARTS) is 1. The number of carbonyl (C=O) groups is 5. The Morgan fingerprint density at radius 1 is 0.891 bits per heavy atom. The molecule has 0 radical (unpaired) electrons. The van der Waals surface area contributed by atoms with Gasteiger partial charge in [0.2, 0.25) is 0 Å². The lowest BCUT2D eigenvalue weighted by atomic mass is 10.2. The van der Waals surface area contributed by atoms with Gasteiger partial charge in [0.05, 0.1) is 31.1 Å². The second-order valence-corrected chi connectivity index (χ2v) is 12.5. The molecule has 0 aliphatic heterocycles. The van der Waals surface area contributed by atoms with Crippen LogP contribution in [0.2, 0.25) is 0 Å². The lowest BCUT2D eigenvalue weighted by Crippen LogP contribution is -2.33. The number of hydrogen-bond donors (Lipinski definition) is 2. The van der Waals surface area contributed by atoms with Crippen molar-refractivity contribution in [3.8, 4) is 0 Å². The zero-order valence-electron chi connectivity index (χ0n) is 33.7. The summed E-state index contributed by atoms with van der Waals surface area (Å²) in [5, 5.41) is 16.6. The van der Waals surface area contributed by atoms with Crippen LogP contribution in [-0.2, 0) is 41.3 Å². The minimum atomic E-state index is -2.71. The zero-order chi connectivity index (χ0) is 41.2. The smallest absolute Gasteiger partial charge is 0.410 e. The molecule has 0 saturated carbocycles. The largest absolute Gasteiger partial charge is 0.477 e. The molecule has 2 aromatic heterocycles. The Morgan fingerprint density at radius 3 is 1.52 bits per heavy atom. The number of nitrogens with two attached hydrogens (primary N) is 1. The van der Waals surface area contributed by atoms with Crippen LogP contribution in [0.15, 0.2) is 12.1 Å². The molecule has 0 aliphatic rings. The monoisotopic (exact) mass is 679 g/mol. The fourth-order valence-corrected chi connectivity index (χ4v) is 2.93. The number of carboxylic acids is 1. The number of aromatic carboxylic acids is 1. The molecule has 0 aromatic carbocycles. The van der Waals surface area contributed by atoms with Gasteiger partial charge in [0.25, 0.3) is 5.91 Å². The average molecular weight is 680 g/mol. The molecule has 46 heavy (non-hydrogen) atoms. The molecule has 16 nitrogen and oxygen atoms in total. The molecule has 2 rings (SSSR count). The van der Waals surface area contributed by atoms with Gasteiger partial charge < -0.3 is 34.9 Å². The van der Waals surface area contributed by atoms with Crippen LogP contribution in [0.1, 0.15) is 96.0 Å². The summed E-state index contributed by atoms with van der Waals surface area (Å²) in [6.07, 6.45) is -1.20. The van der Waals surface area contributed by atoms with Crippen molar-refractivity contribution < 1.29 is 51.5 Å². The van der Waals surface area contributed by atoms with Crippen LogP contribution in [0, 0.1) is 5.92 Å². The Labute approximate surface area is 283 Å². The Kier molecular flexibility index (Phi) is 12.4. The lowest BCUT2D eigenvalue weighted by molar-refractivity contribution is 0.0273. The maximum atomic E-state index is 11.9. The minimum Gasteiger partial charge on any atom is -0.477 e. The number of rotatable bonds is 8. The highest BCUT2D eigenvalue weighted by atomic mass is 35.5. The van der Waals surface area contributed by atoms with E-state index in [0.29, 0.717) is 21.9 Å². The van der Waals surface area contributed by atoms with Crippen molar-refractivity contribution in [1.29, 1.82) is 0 Å². The zero-order valence-corrected chi connectivity index (χ0v) is 28.5. The second-order valence-electron chi connectivity index (χ2n) is 12.2. The van der Waals surface area contributed by atoms with Crippen molar-refractivity contribution in [1.82, 2.24) is 29.4 Å². The van der Waals surface area contributed by atoms with Crippen LogP contribution in [0.5, 0.6) is 0 Å². The Bertz CT molecular complexity index is 1440. The molecule has 2 aromatic rings. The number of aryl methyl sites for hydroxylation is 2. The summed E-state index contributed by atoms with van der Waals surface area (Å²) in [6, 6.07) is 2.37. The van der Waals surface area contributed by atoms with Gasteiger partial charge in [-0.05, 0) is 59.6 Å². The summed E-state index contributed by atoms with van der Waals surface area (Å²) < 4.78 is 59.6. The van der Waals surface area contributed by atoms with E-state index < -0.39 is 60.3 Å². The number of amides is 3. The summed E-state index contributed by atoms with van der Waals surface area (Å²) in [7, 11) is 2.93. The van der Waals surface area contributed by atoms with Gasteiger partial charge in [-0.25, -0.2) is 19.2 Å². The van der Waals surface area contributed by atoms with Crippen LogP contribution >= 0.6 is 11.6 Å². The first-order valence-corrected chi connectivity index (χ1v) is 14.0. The fraction of sp³-hybridized carbons (Fsp3) is 0.621. The van der Waals surface area contributed by atoms with Crippen molar-refractivity contribution >= 4 is 41.1 Å². The van der Waals surface area contributed by atoms with E-state index in [1.807, 2.05) is 13.8 Å². The summed E-state index contributed by atoms with van der Waals surface area (Å²) in [6.45, 7) is 9.19. The number of primary amides is 1. The average Bonchev–Trinajstić information content (AvgIpc) is 3.56. The third-order valence-corrected chi connectivity index (χ3v) is 4.84. The molecule has 0 unspecified atom stereocenters. The first-order valence-electron chi connectivity index (χ1n) is 16.7. The van der Waals surface area contributed by atoms with E-state index in [1.54, 1.807) is 41.5 Å². The van der Waals surface area contributed by atoms with Crippen molar-refractivity contribution in [2.45, 2.75) is 79.7 Å². The quantitative estimate of drug-likeness (QED) is 0.296. The molecule has 3 amide bonds. The Balaban J connectivity index is 0.000000829. The molecular weight excluding hydrogens is 626 g/mol. The second kappa shape index (κ2) is 18.0. The van der Waals surface area contributed by atoms with E-state index in [9.17, 15) is 24.0 Å². The normalized spacial score (nSPS) is 13.4. The van der Waals surface area contributed by atoms with E-state index >= 15 is 0 Å². The molecule has 3 N–H and O–H groups in total. The Morgan fingerprint density at radius 2 is 1.28 bits per heavy atom. The summed E-state index contributed by atoms with van der Waals surface area (Å²) in [5.74, 6) is -1.96. The summed E-state index contributed by atoms with van der Waals surface area (Å²) in [5.41, 5.74) is 2.75. The number of nitrogens with zero attached hydrogens (tertiary/aromatic N) is 6. The van der Waals surface area contributed by atoms with Gasteiger partial charge in [-0.1, -0.05) is 13.8 Å². The van der Waals surface area contributed by atoms with Crippen LogP contribution in [0.4, 0.5) is 14.4 Å². The van der Waals surface area contributed by atoms with Crippen LogP contribution < -0.4 is 5.73 Å². The van der Waals surface area contributed by atoms with Crippen molar-refractivity contribution in [2.24, 2.45) is 25.6 Å². The molecule has 0 spiro atoms. The molecule has 2 heterocycles. The highest BCUT2D eigenvalue weighted by Crippen LogP contribution is 2.13. The predicted octanol–water partition coefficient (Wildman–Crippen LogP) is 4.39. The number of halogens is 1. The standard InChI is InChI=1S/C12H20N4O3.C12H19N3O4.C5H9ClO2/c1-12(2,3)19-11(18)15(4)7-8-6-9(10(13)17)16(5)14-8;1-12(2,3)19-11(18)14(4)7-8-6-9(10(16)17)15(5)13-8;1-4(2)3-8-5(6)7/h6H,7H2,1-5H3,(H2,13,17);6H,7H2,1-5H3,(H,16,17);4H,3H2,1-2H3/i2*5D3;. The first kappa shape index (κ1) is 31.6. The van der Waals surface area contributed by atoms with Gasteiger partial charge in [0.1, 0.15) is 22.6 Å². The Hall–Kier alpha value is -4.34. The molecule has 0 aliphatic carbocycles. The molecule has 0 fully saturated rings. The molecule has 260 valence electrons. The highest BCUT2D eigenvalue weighted by Gasteiger charge is 2.22. The summed E-state index contributed by atoms with van der Waals surface area (Å²) in [4.78, 5) is 58.3. The van der Waals surface area contributed by atoms with Crippen molar-refractivity contribution in [2.75, 3.05) is 20.7 Å². The summed E-state index contributed by atoms with van der Waals surface area (Å²) >= 11 is 4.86. The van der Waals surface area contributed by atoms with E-state index in [0.717, 1.165) is 6.07 Å². The first-order chi connectivity index (χ1) is 23.2. The van der Waals surface area contributed by atoms with Gasteiger partial charge in [-0.3, -0.25) is 14.2 Å². The van der Waals surface area contributed by atoms with E-state index in [-0.39, 0.29) is 30.2 Å². The van der Waals surface area contributed by atoms with Crippen LogP contribution in [-0.4, -0.2) is 95.9 Å². The fourth-order valence-electron chi connectivity index (χ4n) is 2.87. The molecule has 0 saturated heterocycles. The number of ether oxygens (including phenoxy) is 3. The van der Waals surface area contributed by atoms with Gasteiger partial charge in [-0.2, -0.15) is 10.2 Å². The van der Waals surface area contributed by atoms with Gasteiger partial charge >= 0.3 is 23.6 Å². The van der Waals surface area contributed by atoms with E-state index in [2.05, 4.69) is 14.9 Å². The maximum absolute atomic E-state index is 11.9. The van der Waals surface area contributed by atoms with E-state index in [1.165, 1.54) is 30.0 Å². The van der Waals surface area contributed by atoms with E-state index in [4.69, 9.17) is 40.1 Å². The van der Waals surface area contributed by atoms with Crippen LogP contribution in [0.3, 0.4) is 0 Å². The molecule has 0 bridgehead atoms. The predicted molar refractivity (Wildman–Crippen MR) is 169 cm³/mol. The van der Waals surface area contributed by atoms with Gasteiger partial charge in [0, 0.05) is 47.9 Å². The topological polar surface area (TPSA) is 201 Å². The number of hydrogen-bond acceptors (Lipinski definition) is 10. The van der Waals surface area contributed by atoms with Crippen LogP contribution in [0.25, 0.3) is 0 Å². The molecule has 17 heteroatoms. The lowest BCUT2D eigenvalue weighted by Gasteiger charge is -2.24. The minimum absolute atomic E-state index is 0.0156. The number of carbonyl (C=O) groups excluding carboxylic acids is 4. The van der Waals surface area contributed by atoms with Gasteiger partial charge in [-0.15, -0.1) is 0 Å². The third kappa shape index (κ3) is 17.2. The maximum Gasteiger partial charge on any atom is 0.410 e. The van der Waals surface area contributed by atoms with Crippen molar-refractivity contribution in [3.63, 3.8) is 0 Å². The van der Waals surface area contributed by atoms with Gasteiger partial charge in [0.15, 0.2) is 0 Å². The highest BCUT2D eigenvalue weighted by molar-refractivity contribution is 6.61. The SMILES string of the molecule is CC(C)COC(=O)Cl.[2H]C([2H])([2H])n1nc(CN(C)C(=O)OC(C)(C)C)cc1C(=O)O.[2H]C([2H])([2H])n1nc(CN(C)C(=O)OC(C)(C)C)cc1C(N)=O. The molecular formula is C29H48ClN7O9. The number of aromatic nitrogens is 4. The third-order valence-electron chi connectivity index (χ3n) is 4.73. The molecule has 0 atom stereocenters. The van der Waals surface area contributed by atoms with Crippen molar-refractivity contribution in [3.05, 3.63) is 34.9 Å².